The molecule has 0 aliphatic rings. The second kappa shape index (κ2) is 47.1. The van der Waals surface area contributed by atoms with Gasteiger partial charge in [0.15, 0.2) is 0 Å². The number of hydrogen-bond donors (Lipinski definition) is 20. The van der Waals surface area contributed by atoms with Crippen LogP contribution in [0, 0.1) is 23.7 Å². The van der Waals surface area contributed by atoms with Crippen molar-refractivity contribution in [3.05, 3.63) is 29.8 Å². The molecule has 0 saturated carbocycles. The summed E-state index contributed by atoms with van der Waals surface area (Å²) in [5, 5.41) is 61.5. The van der Waals surface area contributed by atoms with E-state index in [0.717, 1.165) is 0 Å². The number of nitrogens with two attached hydrogens (primary N) is 5. The van der Waals surface area contributed by atoms with Gasteiger partial charge in [-0.15, -0.1) is 0 Å². The maximum Gasteiger partial charge on any atom is 0.326 e. The van der Waals surface area contributed by atoms with Crippen LogP contribution >= 0.6 is 0 Å². The zero-order chi connectivity index (χ0) is 76.1. The molecule has 25 N–H and O–H groups in total. The summed E-state index contributed by atoms with van der Waals surface area (Å²) in [4.78, 5) is 178. The van der Waals surface area contributed by atoms with Crippen molar-refractivity contribution in [3.8, 4) is 5.75 Å². The van der Waals surface area contributed by atoms with Crippen LogP contribution in [0.2, 0.25) is 0 Å². The number of rotatable bonds is 49. The highest BCUT2D eigenvalue weighted by atomic mass is 16.4. The van der Waals surface area contributed by atoms with Crippen molar-refractivity contribution in [1.29, 1.82) is 0 Å². The number of carboxylic acid groups (broad SMARTS) is 1. The van der Waals surface area contributed by atoms with E-state index >= 15 is 0 Å². The molecule has 1 aromatic rings. The number of unbranched alkanes of at least 4 members (excludes halogenated alkanes) is 4. The van der Waals surface area contributed by atoms with Gasteiger partial charge in [-0.2, -0.15) is 0 Å². The summed E-state index contributed by atoms with van der Waals surface area (Å²) in [5.41, 5.74) is 29.4. The van der Waals surface area contributed by atoms with E-state index in [0.29, 0.717) is 83.0 Å². The first-order valence-corrected chi connectivity index (χ1v) is 34.8. The molecule has 14 atom stereocenters. The summed E-state index contributed by atoms with van der Waals surface area (Å²) in [5.74, 6) is -13.1. The van der Waals surface area contributed by atoms with E-state index in [1.807, 2.05) is 0 Å². The Hall–Kier alpha value is -8.11. The Bertz CT molecular complexity index is 2790. The Morgan fingerprint density at radius 1 is 0.350 bits per heavy atom. The first-order chi connectivity index (χ1) is 46.9. The predicted molar refractivity (Wildman–Crippen MR) is 375 cm³/mol. The highest BCUT2D eigenvalue weighted by molar-refractivity contribution is 6.00. The lowest BCUT2D eigenvalue weighted by Crippen LogP contribution is -2.62. The highest BCUT2D eigenvalue weighted by Gasteiger charge is 2.38. The van der Waals surface area contributed by atoms with Crippen LogP contribution in [0.3, 0.4) is 0 Å². The average molecular weight is 1420 g/mol. The van der Waals surface area contributed by atoms with Gasteiger partial charge < -0.3 is 108 Å². The third-order valence-corrected chi connectivity index (χ3v) is 16.4. The van der Waals surface area contributed by atoms with Crippen LogP contribution < -0.4 is 92.5 Å². The number of amides is 12. The normalized spacial score (nSPS) is 15.6. The van der Waals surface area contributed by atoms with Crippen molar-refractivity contribution < 1.29 is 77.6 Å². The van der Waals surface area contributed by atoms with Crippen molar-refractivity contribution in [2.75, 3.05) is 26.2 Å². The molecule has 0 aliphatic carbocycles. The van der Waals surface area contributed by atoms with E-state index in [2.05, 4.69) is 63.8 Å². The maximum absolute atomic E-state index is 14.3. The van der Waals surface area contributed by atoms with E-state index in [4.69, 9.17) is 28.7 Å². The largest absolute Gasteiger partial charge is 0.508 e. The van der Waals surface area contributed by atoms with Gasteiger partial charge in [0, 0.05) is 6.42 Å². The number of aliphatic hydroxyl groups excluding tert-OH is 1. The van der Waals surface area contributed by atoms with E-state index in [1.54, 1.807) is 55.4 Å². The summed E-state index contributed by atoms with van der Waals surface area (Å²) >= 11 is 0. The lowest BCUT2D eigenvalue weighted by Gasteiger charge is -2.29. The lowest BCUT2D eigenvalue weighted by atomic mass is 9.98. The minimum Gasteiger partial charge on any atom is -0.508 e. The third kappa shape index (κ3) is 33.4. The Morgan fingerprint density at radius 3 is 1.03 bits per heavy atom. The standard InChI is InChI=1S/C67H119N17O16/c1-35(2)33-49(62(94)83-53(38(7)8)67(99)100)79-65(97)52(37(5)6)82-63(95)50(34-43-25-27-44(86)28-26-43)80-66(98)54(42(12)85)84-57(89)41(11)74-55(87)39(9)73-56(88)40(10)75-64(96)51(36(3)4)81-61(93)48(24-16-20-32-71)78-60(92)47(23-15-19-31-70)77-59(91)46(22-14-18-30-69)76-58(90)45(72)21-13-17-29-68/h25-28,35-42,45-54,85-86H,13-24,29-34,68-72H2,1-12H3,(H,73,88)(H,74,87)(H,75,96)(H,76,90)(H,77,91)(H,78,92)(H,79,97)(H,80,98)(H,81,93)(H,82,95)(H,83,94)(H,84,89)(H,99,100)/t39-,40-,41-,42+,45-,46-,47-,48-,49-,50-,51-,52-,53-,54-/m0/s1. The molecule has 0 aliphatic heterocycles. The lowest BCUT2D eigenvalue weighted by molar-refractivity contribution is -0.143. The van der Waals surface area contributed by atoms with E-state index in [-0.39, 0.29) is 50.3 Å². The molecule has 0 radical (unpaired) electrons. The SMILES string of the molecule is CC(C)C[C@H](NC(=O)[C@@H](NC(=O)[C@H](Cc1ccc(O)cc1)NC(=O)[C@@H](NC(=O)[C@H](C)NC(=O)[C@H](C)NC(=O)[C@H](C)NC(=O)[C@@H](NC(=O)[C@H](CCCCN)NC(=O)[C@H](CCCCN)NC(=O)[C@H](CCCCN)NC(=O)[C@@H](N)CCCCN)C(C)C)[C@@H](C)O)C(C)C)C(=O)N[C@H](C(=O)O)C(C)C. The van der Waals surface area contributed by atoms with Crippen molar-refractivity contribution in [2.24, 2.45) is 52.3 Å². The van der Waals surface area contributed by atoms with Gasteiger partial charge in [-0.3, -0.25) is 57.5 Å². The maximum atomic E-state index is 14.3. The molecule has 0 bridgehead atoms. The van der Waals surface area contributed by atoms with Crippen LogP contribution in [0.4, 0.5) is 0 Å². The number of aromatic hydroxyl groups is 1. The van der Waals surface area contributed by atoms with Crippen LogP contribution in [0.1, 0.15) is 172 Å². The number of carboxylic acids is 1. The topological polar surface area (TPSA) is 557 Å². The van der Waals surface area contributed by atoms with Gasteiger partial charge in [-0.05, 0) is 172 Å². The molecule has 33 nitrogen and oxygen atoms in total. The second-order valence-electron chi connectivity index (χ2n) is 27.0. The van der Waals surface area contributed by atoms with Crippen molar-refractivity contribution in [3.63, 3.8) is 0 Å². The quantitative estimate of drug-likeness (QED) is 0.0292. The van der Waals surface area contributed by atoms with Crippen molar-refractivity contribution in [2.45, 2.75) is 258 Å². The molecule has 568 valence electrons. The second-order valence-corrected chi connectivity index (χ2v) is 27.0. The van der Waals surface area contributed by atoms with Gasteiger partial charge in [0.25, 0.3) is 0 Å². The summed E-state index contributed by atoms with van der Waals surface area (Å²) in [7, 11) is 0. The third-order valence-electron chi connectivity index (χ3n) is 16.4. The smallest absolute Gasteiger partial charge is 0.326 e. The zero-order valence-electron chi connectivity index (χ0n) is 60.5. The van der Waals surface area contributed by atoms with E-state index in [1.165, 1.54) is 52.0 Å². The summed E-state index contributed by atoms with van der Waals surface area (Å²) in [6.45, 7) is 19.6. The van der Waals surface area contributed by atoms with Crippen LogP contribution in [0.25, 0.3) is 0 Å². The molecule has 0 spiro atoms. The number of aliphatic carboxylic acids is 1. The molecular weight excluding hydrogens is 1300 g/mol. The van der Waals surface area contributed by atoms with Crippen LogP contribution in [-0.2, 0) is 68.7 Å². The molecule has 0 saturated heterocycles. The Kier molecular flexibility index (Phi) is 42.3. The molecule has 12 amide bonds. The predicted octanol–water partition coefficient (Wildman–Crippen LogP) is -2.87. The Labute approximate surface area is 587 Å². The number of phenolic OH excluding ortho intramolecular Hbond substituents is 1. The highest BCUT2D eigenvalue weighted by Crippen LogP contribution is 2.16. The average Bonchev–Trinajstić information content (AvgIpc) is 0.854. The Balaban J connectivity index is 3.29. The minimum absolute atomic E-state index is 0.0685. The molecule has 1 rings (SSSR count). The summed E-state index contributed by atoms with van der Waals surface area (Å²) in [6.07, 6.45) is 2.95. The molecular formula is C67H119N17O16. The van der Waals surface area contributed by atoms with Gasteiger partial charge >= 0.3 is 5.97 Å². The molecule has 33 heteroatoms. The number of hydrogen-bond acceptors (Lipinski definition) is 20. The molecule has 100 heavy (non-hydrogen) atoms. The van der Waals surface area contributed by atoms with E-state index in [9.17, 15) is 77.6 Å². The fraction of sp³-hybridized carbons (Fsp3) is 0.716. The number of aliphatic hydroxyl groups is 1. The molecule has 0 aromatic heterocycles. The fourth-order valence-corrected chi connectivity index (χ4v) is 10.3. The number of nitrogens with one attached hydrogen (secondary N) is 12. The van der Waals surface area contributed by atoms with Crippen LogP contribution in [-0.4, -0.2) is 203 Å². The van der Waals surface area contributed by atoms with Crippen LogP contribution in [0.5, 0.6) is 5.75 Å². The minimum atomic E-state index is -1.77. The van der Waals surface area contributed by atoms with Gasteiger partial charge in [-0.25, -0.2) is 4.79 Å². The van der Waals surface area contributed by atoms with Crippen molar-refractivity contribution >= 4 is 76.9 Å². The van der Waals surface area contributed by atoms with Gasteiger partial charge in [0.05, 0.1) is 12.1 Å². The molecule has 0 unspecified atom stereocenters. The molecule has 0 heterocycles. The first kappa shape index (κ1) is 89.9. The number of carbonyl (C=O) groups excluding carboxylic acids is 12. The molecule has 0 fully saturated rings. The summed E-state index contributed by atoms with van der Waals surface area (Å²) in [6, 6.07) is -11.3. The van der Waals surface area contributed by atoms with E-state index < -0.39 is 179 Å². The van der Waals surface area contributed by atoms with Crippen molar-refractivity contribution in [1.82, 2.24) is 63.8 Å². The van der Waals surface area contributed by atoms with Gasteiger partial charge in [0.2, 0.25) is 70.9 Å². The number of benzene rings is 1. The Morgan fingerprint density at radius 2 is 0.650 bits per heavy atom. The molecule has 1 aromatic carbocycles. The number of phenols is 1. The number of carbonyl (C=O) groups is 13. The monoisotopic (exact) mass is 1420 g/mol. The first-order valence-electron chi connectivity index (χ1n) is 34.8. The summed E-state index contributed by atoms with van der Waals surface area (Å²) < 4.78 is 0. The zero-order valence-corrected chi connectivity index (χ0v) is 60.5. The van der Waals surface area contributed by atoms with Gasteiger partial charge in [0.1, 0.15) is 78.3 Å². The van der Waals surface area contributed by atoms with Crippen LogP contribution in [0.15, 0.2) is 24.3 Å². The fourth-order valence-electron chi connectivity index (χ4n) is 10.3. The van der Waals surface area contributed by atoms with Gasteiger partial charge in [-0.1, -0.05) is 73.9 Å².